The lowest BCUT2D eigenvalue weighted by molar-refractivity contribution is -0.123. The number of fused-ring (bicyclic) bond motifs is 2. The Morgan fingerprint density at radius 3 is 2.66 bits per heavy atom. The molecule has 4 heterocycles. The third kappa shape index (κ3) is 5.52. The molecule has 1 N–H and O–H groups in total. The van der Waals surface area contributed by atoms with Gasteiger partial charge in [0.1, 0.15) is 18.2 Å². The molecule has 6 rings (SSSR count). The van der Waals surface area contributed by atoms with Gasteiger partial charge in [0.15, 0.2) is 11.5 Å². The summed E-state index contributed by atoms with van der Waals surface area (Å²) >= 11 is 1.49. The second-order valence-electron chi connectivity index (χ2n) is 11.4. The summed E-state index contributed by atoms with van der Waals surface area (Å²) in [6.45, 7) is 7.27. The van der Waals surface area contributed by atoms with Gasteiger partial charge in [-0.2, -0.15) is 5.10 Å². The van der Waals surface area contributed by atoms with Gasteiger partial charge in [0.05, 0.1) is 28.5 Å². The lowest BCUT2D eigenvalue weighted by Gasteiger charge is -2.25. The first-order valence-corrected chi connectivity index (χ1v) is 14.8. The van der Waals surface area contributed by atoms with Crippen LogP contribution in [0.5, 0.6) is 11.5 Å². The molecule has 216 valence electrons. The van der Waals surface area contributed by atoms with Crippen molar-refractivity contribution < 1.29 is 28.2 Å². The molecule has 3 aromatic rings. The standard InChI is InChI=1S/C30H33FN4O5S/c1-30(2,3)28-26-27(18-6-11-22-23(13-18)40-17-39-22)41-16-25(37)34(15-24(36)32-14-21-5-4-12-38-21)29(26)35(33-28)20-9-7-19(31)8-10-20/h6-11,13,21,27H,4-5,12,14-17H2,1-3H3,(H,32,36)/t21-,27-/m1/s1. The molecule has 0 aliphatic carbocycles. The monoisotopic (exact) mass is 580 g/mol. The summed E-state index contributed by atoms with van der Waals surface area (Å²) in [4.78, 5) is 28.5. The summed E-state index contributed by atoms with van der Waals surface area (Å²) in [6.07, 6.45) is 1.85. The number of carbonyl (C=O) groups excluding carboxylic acids is 2. The Hall–Kier alpha value is -3.57. The van der Waals surface area contributed by atoms with Crippen molar-refractivity contribution in [2.75, 3.05) is 37.1 Å². The average Bonchev–Trinajstić information content (AvgIpc) is 3.69. The van der Waals surface area contributed by atoms with Gasteiger partial charge in [0, 0.05) is 24.1 Å². The van der Waals surface area contributed by atoms with Crippen LogP contribution in [-0.2, 0) is 19.7 Å². The minimum absolute atomic E-state index is 0.0162. The predicted molar refractivity (Wildman–Crippen MR) is 153 cm³/mol. The Morgan fingerprint density at radius 1 is 1.15 bits per heavy atom. The maximum Gasteiger partial charge on any atom is 0.240 e. The first-order chi connectivity index (χ1) is 19.7. The van der Waals surface area contributed by atoms with Gasteiger partial charge in [-0.15, -0.1) is 11.8 Å². The Bertz CT molecular complexity index is 1460. The maximum absolute atomic E-state index is 13.9. The van der Waals surface area contributed by atoms with Crippen molar-refractivity contribution in [3.63, 3.8) is 0 Å². The molecule has 1 aromatic heterocycles. The van der Waals surface area contributed by atoms with E-state index in [1.165, 1.54) is 28.8 Å². The summed E-state index contributed by atoms with van der Waals surface area (Å²) in [7, 11) is 0. The molecule has 0 unspecified atom stereocenters. The number of nitrogens with one attached hydrogen (secondary N) is 1. The SMILES string of the molecule is CC(C)(C)c1nn(-c2ccc(F)cc2)c2c1[C@@H](c1ccc3c(c1)OCO3)SCC(=O)N2CC(=O)NC[C@H]1CCCO1. The Labute approximate surface area is 242 Å². The molecule has 0 bridgehead atoms. The van der Waals surface area contributed by atoms with E-state index in [9.17, 15) is 14.0 Å². The van der Waals surface area contributed by atoms with Crippen LogP contribution in [-0.4, -0.2) is 59.9 Å². The topological polar surface area (TPSA) is 94.9 Å². The van der Waals surface area contributed by atoms with Crippen molar-refractivity contribution in [2.24, 2.45) is 0 Å². The number of amides is 2. The number of anilines is 1. The molecule has 3 aliphatic heterocycles. The highest BCUT2D eigenvalue weighted by atomic mass is 32.2. The zero-order valence-corrected chi connectivity index (χ0v) is 24.1. The summed E-state index contributed by atoms with van der Waals surface area (Å²) in [5, 5.41) is 7.69. The highest BCUT2D eigenvalue weighted by Gasteiger charge is 2.40. The smallest absolute Gasteiger partial charge is 0.240 e. The number of nitrogens with zero attached hydrogens (tertiary/aromatic N) is 3. The van der Waals surface area contributed by atoms with Gasteiger partial charge in [-0.05, 0) is 54.8 Å². The van der Waals surface area contributed by atoms with Crippen LogP contribution in [0, 0.1) is 5.82 Å². The third-order valence-electron chi connectivity index (χ3n) is 7.42. The van der Waals surface area contributed by atoms with E-state index in [4.69, 9.17) is 19.3 Å². The zero-order chi connectivity index (χ0) is 28.7. The maximum atomic E-state index is 13.9. The van der Waals surface area contributed by atoms with E-state index >= 15 is 0 Å². The number of hydrogen-bond donors (Lipinski definition) is 1. The molecule has 11 heteroatoms. The molecule has 1 fully saturated rings. The van der Waals surface area contributed by atoms with Crippen LogP contribution in [0.2, 0.25) is 0 Å². The lowest BCUT2D eigenvalue weighted by atomic mass is 9.87. The highest BCUT2D eigenvalue weighted by molar-refractivity contribution is 8.00. The number of aromatic nitrogens is 2. The van der Waals surface area contributed by atoms with Crippen LogP contribution in [0.4, 0.5) is 10.2 Å². The number of hydrogen-bond acceptors (Lipinski definition) is 7. The van der Waals surface area contributed by atoms with E-state index in [0.29, 0.717) is 36.2 Å². The van der Waals surface area contributed by atoms with Crippen LogP contribution in [0.25, 0.3) is 5.69 Å². The van der Waals surface area contributed by atoms with Crippen molar-refractivity contribution in [1.29, 1.82) is 0 Å². The van der Waals surface area contributed by atoms with Crippen LogP contribution < -0.4 is 19.7 Å². The van der Waals surface area contributed by atoms with Crippen molar-refractivity contribution in [3.8, 4) is 17.2 Å². The fourth-order valence-electron chi connectivity index (χ4n) is 5.41. The van der Waals surface area contributed by atoms with Crippen LogP contribution in [0.1, 0.15) is 55.7 Å². The molecule has 41 heavy (non-hydrogen) atoms. The zero-order valence-electron chi connectivity index (χ0n) is 23.3. The van der Waals surface area contributed by atoms with E-state index in [-0.39, 0.29) is 48.1 Å². The Morgan fingerprint density at radius 2 is 1.93 bits per heavy atom. The third-order valence-corrected chi connectivity index (χ3v) is 8.68. The predicted octanol–water partition coefficient (Wildman–Crippen LogP) is 4.50. The van der Waals surface area contributed by atoms with Crippen molar-refractivity contribution in [1.82, 2.24) is 15.1 Å². The molecular formula is C30H33FN4O5S. The summed E-state index contributed by atoms with van der Waals surface area (Å²) in [5.41, 5.74) is 2.73. The summed E-state index contributed by atoms with van der Waals surface area (Å²) < 4.78 is 32.5. The van der Waals surface area contributed by atoms with E-state index in [2.05, 4.69) is 26.1 Å². The fourth-order valence-corrected chi connectivity index (χ4v) is 6.60. The minimum Gasteiger partial charge on any atom is -0.454 e. The quantitative estimate of drug-likeness (QED) is 0.459. The summed E-state index contributed by atoms with van der Waals surface area (Å²) in [6, 6.07) is 11.8. The molecule has 1 saturated heterocycles. The summed E-state index contributed by atoms with van der Waals surface area (Å²) in [5.74, 6) is 1.11. The number of halogens is 1. The van der Waals surface area contributed by atoms with Gasteiger partial charge in [0.2, 0.25) is 18.6 Å². The minimum atomic E-state index is -0.411. The molecule has 2 atom stereocenters. The van der Waals surface area contributed by atoms with Crippen LogP contribution in [0.15, 0.2) is 42.5 Å². The van der Waals surface area contributed by atoms with Crippen molar-refractivity contribution in [2.45, 2.75) is 50.4 Å². The Balaban J connectivity index is 1.48. The molecule has 0 radical (unpaired) electrons. The van der Waals surface area contributed by atoms with E-state index in [1.54, 1.807) is 16.8 Å². The van der Waals surface area contributed by atoms with Gasteiger partial charge in [-0.3, -0.25) is 14.5 Å². The highest BCUT2D eigenvalue weighted by Crippen LogP contribution is 2.49. The second kappa shape index (κ2) is 11.0. The number of benzene rings is 2. The molecular weight excluding hydrogens is 547 g/mol. The van der Waals surface area contributed by atoms with Gasteiger partial charge < -0.3 is 19.5 Å². The molecule has 9 nitrogen and oxygen atoms in total. The normalized spacial score (nSPS) is 20.2. The van der Waals surface area contributed by atoms with Crippen LogP contribution in [0.3, 0.4) is 0 Å². The van der Waals surface area contributed by atoms with Gasteiger partial charge in [-0.25, -0.2) is 9.07 Å². The molecule has 0 saturated carbocycles. The average molecular weight is 581 g/mol. The number of thioether (sulfide) groups is 1. The van der Waals surface area contributed by atoms with Crippen LogP contribution >= 0.6 is 11.8 Å². The fraction of sp³-hybridized carbons (Fsp3) is 0.433. The number of ether oxygens (including phenoxy) is 3. The van der Waals surface area contributed by atoms with Crippen molar-refractivity contribution >= 4 is 29.4 Å². The van der Waals surface area contributed by atoms with Gasteiger partial charge in [0.25, 0.3) is 0 Å². The lowest BCUT2D eigenvalue weighted by Crippen LogP contribution is -2.44. The number of rotatable bonds is 6. The Kier molecular flexibility index (Phi) is 7.41. The number of carbonyl (C=O) groups is 2. The molecule has 2 amide bonds. The van der Waals surface area contributed by atoms with E-state index in [0.717, 1.165) is 29.7 Å². The molecule has 0 spiro atoms. The first-order valence-electron chi connectivity index (χ1n) is 13.8. The second-order valence-corrected chi connectivity index (χ2v) is 12.5. The van der Waals surface area contributed by atoms with Gasteiger partial charge >= 0.3 is 0 Å². The molecule has 3 aliphatic rings. The first kappa shape index (κ1) is 27.6. The molecule has 2 aromatic carbocycles. The van der Waals surface area contributed by atoms with E-state index < -0.39 is 5.41 Å². The largest absolute Gasteiger partial charge is 0.454 e. The van der Waals surface area contributed by atoms with Crippen molar-refractivity contribution in [3.05, 3.63) is 65.1 Å². The van der Waals surface area contributed by atoms with Gasteiger partial charge in [-0.1, -0.05) is 26.8 Å². The van der Waals surface area contributed by atoms with E-state index in [1.807, 2.05) is 18.2 Å².